The van der Waals surface area contributed by atoms with Gasteiger partial charge in [-0.15, -0.1) is 0 Å². The van der Waals surface area contributed by atoms with Crippen LogP contribution in [0.3, 0.4) is 0 Å². The Morgan fingerprint density at radius 2 is 1.83 bits per heavy atom. The summed E-state index contributed by atoms with van der Waals surface area (Å²) >= 11 is 0. The van der Waals surface area contributed by atoms with E-state index in [9.17, 15) is 13.6 Å². The quantitative estimate of drug-likeness (QED) is 0.768. The van der Waals surface area contributed by atoms with Gasteiger partial charge in [0.2, 0.25) is 5.91 Å². The van der Waals surface area contributed by atoms with E-state index in [1.54, 1.807) is 7.05 Å². The van der Waals surface area contributed by atoms with E-state index in [-0.39, 0.29) is 18.4 Å². The molecule has 0 N–H and O–H groups in total. The minimum Gasteiger partial charge on any atom is -0.341 e. The Balaban J connectivity index is 2.16. The number of amides is 1. The van der Waals surface area contributed by atoms with Gasteiger partial charge < -0.3 is 4.90 Å². The van der Waals surface area contributed by atoms with Crippen LogP contribution in [0.2, 0.25) is 0 Å². The van der Waals surface area contributed by atoms with Crippen LogP contribution in [0.15, 0.2) is 48.5 Å². The second-order valence-electron chi connectivity index (χ2n) is 5.68. The van der Waals surface area contributed by atoms with E-state index in [0.29, 0.717) is 5.56 Å². The normalized spacial score (nSPS) is 12.0. The summed E-state index contributed by atoms with van der Waals surface area (Å²) in [6, 6.07) is 13.0. The van der Waals surface area contributed by atoms with Crippen LogP contribution in [-0.2, 0) is 11.3 Å². The second-order valence-corrected chi connectivity index (χ2v) is 5.68. The lowest BCUT2D eigenvalue weighted by atomic mass is 9.93. The van der Waals surface area contributed by atoms with Gasteiger partial charge in [0.15, 0.2) is 0 Å². The molecule has 0 spiro atoms. The van der Waals surface area contributed by atoms with Crippen molar-refractivity contribution in [3.8, 4) is 0 Å². The standard InChI is InChI=1S/C19H21F2NO/c1-3-7-17(14-8-5-4-6-9-14)19(23)22(2)13-15-10-11-16(20)12-18(15)21/h4-6,8-12,17H,3,7,13H2,1-2H3. The van der Waals surface area contributed by atoms with E-state index in [0.717, 1.165) is 24.5 Å². The molecular formula is C19H21F2NO. The van der Waals surface area contributed by atoms with Crippen LogP contribution in [0.1, 0.15) is 36.8 Å². The number of rotatable bonds is 6. The first kappa shape index (κ1) is 17.1. The summed E-state index contributed by atoms with van der Waals surface area (Å²) in [5.74, 6) is -1.54. The Kier molecular flexibility index (Phi) is 5.85. The zero-order valence-electron chi connectivity index (χ0n) is 13.4. The maximum Gasteiger partial charge on any atom is 0.230 e. The Bertz CT molecular complexity index is 658. The summed E-state index contributed by atoms with van der Waals surface area (Å²) in [5.41, 5.74) is 1.27. The number of benzene rings is 2. The molecule has 0 fully saturated rings. The molecule has 23 heavy (non-hydrogen) atoms. The van der Waals surface area contributed by atoms with E-state index in [1.807, 2.05) is 37.3 Å². The van der Waals surface area contributed by atoms with Crippen LogP contribution < -0.4 is 0 Å². The summed E-state index contributed by atoms with van der Waals surface area (Å²) in [6.07, 6.45) is 1.61. The fraction of sp³-hybridized carbons (Fsp3) is 0.316. The van der Waals surface area contributed by atoms with Crippen LogP contribution in [0.4, 0.5) is 8.78 Å². The molecule has 0 bridgehead atoms. The van der Waals surface area contributed by atoms with Gasteiger partial charge in [0.05, 0.1) is 5.92 Å². The van der Waals surface area contributed by atoms with Crippen LogP contribution in [0.25, 0.3) is 0 Å². The van der Waals surface area contributed by atoms with Crippen molar-refractivity contribution < 1.29 is 13.6 Å². The Morgan fingerprint density at radius 3 is 2.43 bits per heavy atom. The smallest absolute Gasteiger partial charge is 0.230 e. The molecule has 1 atom stereocenters. The van der Waals surface area contributed by atoms with Gasteiger partial charge in [0.1, 0.15) is 11.6 Å². The summed E-state index contributed by atoms with van der Waals surface area (Å²) in [5, 5.41) is 0. The van der Waals surface area contributed by atoms with E-state index >= 15 is 0 Å². The molecule has 1 amide bonds. The SMILES string of the molecule is CCCC(C(=O)N(C)Cc1ccc(F)cc1F)c1ccccc1. The molecule has 122 valence electrons. The third kappa shape index (κ3) is 4.38. The molecule has 0 radical (unpaired) electrons. The fourth-order valence-electron chi connectivity index (χ4n) is 2.66. The summed E-state index contributed by atoms with van der Waals surface area (Å²) in [6.45, 7) is 2.15. The summed E-state index contributed by atoms with van der Waals surface area (Å²) in [4.78, 5) is 14.2. The first-order valence-corrected chi connectivity index (χ1v) is 7.76. The predicted molar refractivity (Wildman–Crippen MR) is 86.9 cm³/mol. The highest BCUT2D eigenvalue weighted by molar-refractivity contribution is 5.83. The number of hydrogen-bond donors (Lipinski definition) is 0. The first-order chi connectivity index (χ1) is 11.0. The zero-order chi connectivity index (χ0) is 16.8. The average molecular weight is 317 g/mol. The number of carbonyl (C=O) groups is 1. The molecule has 0 aromatic heterocycles. The Hall–Kier alpha value is -2.23. The number of nitrogens with zero attached hydrogens (tertiary/aromatic N) is 1. The lowest BCUT2D eigenvalue weighted by molar-refractivity contribution is -0.132. The van der Waals surface area contributed by atoms with Crippen molar-refractivity contribution in [2.75, 3.05) is 7.05 Å². The van der Waals surface area contributed by atoms with Crippen molar-refractivity contribution in [2.24, 2.45) is 0 Å². The average Bonchev–Trinajstić information content (AvgIpc) is 2.55. The van der Waals surface area contributed by atoms with Crippen molar-refractivity contribution in [3.63, 3.8) is 0 Å². The molecule has 0 saturated heterocycles. The molecule has 4 heteroatoms. The van der Waals surface area contributed by atoms with Crippen LogP contribution in [-0.4, -0.2) is 17.9 Å². The van der Waals surface area contributed by atoms with Gasteiger partial charge in [-0.05, 0) is 18.1 Å². The molecule has 0 saturated carbocycles. The molecular weight excluding hydrogens is 296 g/mol. The van der Waals surface area contributed by atoms with Crippen LogP contribution in [0.5, 0.6) is 0 Å². The lowest BCUT2D eigenvalue weighted by Gasteiger charge is -2.24. The summed E-state index contributed by atoms with van der Waals surface area (Å²) < 4.78 is 26.7. The van der Waals surface area contributed by atoms with Gasteiger partial charge in [0, 0.05) is 25.2 Å². The fourth-order valence-corrected chi connectivity index (χ4v) is 2.66. The number of halogens is 2. The molecule has 0 aliphatic heterocycles. The molecule has 0 aliphatic rings. The largest absolute Gasteiger partial charge is 0.341 e. The molecule has 0 heterocycles. The maximum atomic E-state index is 13.8. The topological polar surface area (TPSA) is 20.3 Å². The lowest BCUT2D eigenvalue weighted by Crippen LogP contribution is -2.31. The maximum absolute atomic E-state index is 13.8. The van der Waals surface area contributed by atoms with E-state index in [1.165, 1.54) is 17.0 Å². The molecule has 2 aromatic rings. The highest BCUT2D eigenvalue weighted by atomic mass is 19.1. The van der Waals surface area contributed by atoms with Crippen LogP contribution >= 0.6 is 0 Å². The zero-order valence-corrected chi connectivity index (χ0v) is 13.4. The monoisotopic (exact) mass is 317 g/mol. The van der Waals surface area contributed by atoms with Crippen molar-refractivity contribution in [2.45, 2.75) is 32.2 Å². The Morgan fingerprint density at radius 1 is 1.13 bits per heavy atom. The van der Waals surface area contributed by atoms with Gasteiger partial charge in [-0.2, -0.15) is 0 Å². The van der Waals surface area contributed by atoms with E-state index in [4.69, 9.17) is 0 Å². The molecule has 1 unspecified atom stereocenters. The summed E-state index contributed by atoms with van der Waals surface area (Å²) in [7, 11) is 1.65. The highest BCUT2D eigenvalue weighted by Crippen LogP contribution is 2.24. The van der Waals surface area contributed by atoms with Crippen molar-refractivity contribution in [3.05, 3.63) is 71.3 Å². The van der Waals surface area contributed by atoms with Gasteiger partial charge in [0.25, 0.3) is 0 Å². The number of hydrogen-bond acceptors (Lipinski definition) is 1. The highest BCUT2D eigenvalue weighted by Gasteiger charge is 2.23. The van der Waals surface area contributed by atoms with Crippen molar-refractivity contribution in [1.29, 1.82) is 0 Å². The first-order valence-electron chi connectivity index (χ1n) is 7.76. The van der Waals surface area contributed by atoms with Crippen molar-refractivity contribution in [1.82, 2.24) is 4.90 Å². The minimum absolute atomic E-state index is 0.0539. The third-order valence-electron chi connectivity index (χ3n) is 3.88. The van der Waals surface area contributed by atoms with Gasteiger partial charge in [-0.1, -0.05) is 49.7 Å². The van der Waals surface area contributed by atoms with E-state index < -0.39 is 11.6 Å². The van der Waals surface area contributed by atoms with Crippen molar-refractivity contribution >= 4 is 5.91 Å². The van der Waals surface area contributed by atoms with Gasteiger partial charge in [-0.25, -0.2) is 8.78 Å². The van der Waals surface area contributed by atoms with Gasteiger partial charge in [-0.3, -0.25) is 4.79 Å². The number of carbonyl (C=O) groups excluding carboxylic acids is 1. The minimum atomic E-state index is -0.628. The third-order valence-corrected chi connectivity index (χ3v) is 3.88. The number of likely N-dealkylation sites (N-methyl/N-ethyl adjacent to an activating group) is 1. The second kappa shape index (κ2) is 7.86. The molecule has 0 aliphatic carbocycles. The van der Waals surface area contributed by atoms with Crippen LogP contribution in [0, 0.1) is 11.6 Å². The molecule has 2 aromatic carbocycles. The molecule has 2 rings (SSSR count). The Labute approximate surface area is 135 Å². The van der Waals surface area contributed by atoms with E-state index in [2.05, 4.69) is 0 Å². The predicted octanol–water partition coefficient (Wildman–Crippen LogP) is 4.51. The van der Waals surface area contributed by atoms with Gasteiger partial charge >= 0.3 is 0 Å². The molecule has 2 nitrogen and oxygen atoms in total.